The van der Waals surface area contributed by atoms with Crippen molar-refractivity contribution in [2.75, 3.05) is 37.6 Å². The first kappa shape index (κ1) is 19.0. The van der Waals surface area contributed by atoms with Gasteiger partial charge in [-0.15, -0.1) is 11.3 Å². The molecule has 8 nitrogen and oxygen atoms in total. The highest BCUT2D eigenvalue weighted by Crippen LogP contribution is 2.35. The standard InChI is InChI=1S/C21H22N6O2S/c28-20(15-25-8-10-26(11-9-25)21-22-6-3-7-23-21)27-17(19-5-2-13-30-19)14-16(24-27)18-4-1-12-29-18/h1-7,12-13,17H,8-11,14-15H2/t17-/m1/s1. The lowest BCUT2D eigenvalue weighted by atomic mass is 10.1. The molecule has 1 saturated heterocycles. The Kier molecular flexibility index (Phi) is 5.29. The number of furan rings is 1. The maximum atomic E-state index is 13.2. The number of thiophene rings is 1. The lowest BCUT2D eigenvalue weighted by Crippen LogP contribution is -2.50. The summed E-state index contributed by atoms with van der Waals surface area (Å²) in [6, 6.07) is 9.56. The second-order valence-electron chi connectivity index (χ2n) is 7.31. The van der Waals surface area contributed by atoms with Crippen LogP contribution in [0.25, 0.3) is 0 Å². The van der Waals surface area contributed by atoms with Crippen LogP contribution in [0, 0.1) is 0 Å². The molecule has 0 aromatic carbocycles. The molecular formula is C21H22N6O2S. The van der Waals surface area contributed by atoms with Crippen molar-refractivity contribution in [1.29, 1.82) is 0 Å². The van der Waals surface area contributed by atoms with Crippen molar-refractivity contribution in [1.82, 2.24) is 19.9 Å². The zero-order valence-corrected chi connectivity index (χ0v) is 17.2. The maximum Gasteiger partial charge on any atom is 0.257 e. The van der Waals surface area contributed by atoms with Crippen molar-refractivity contribution in [3.05, 3.63) is 65.0 Å². The summed E-state index contributed by atoms with van der Waals surface area (Å²) in [5.74, 6) is 1.48. The van der Waals surface area contributed by atoms with Gasteiger partial charge in [-0.05, 0) is 29.6 Å². The van der Waals surface area contributed by atoms with Gasteiger partial charge in [0.2, 0.25) is 5.95 Å². The minimum atomic E-state index is -0.0726. The summed E-state index contributed by atoms with van der Waals surface area (Å²) >= 11 is 1.65. The molecule has 1 fully saturated rings. The Bertz CT molecular complexity index is 998. The Morgan fingerprint density at radius 3 is 2.63 bits per heavy atom. The topological polar surface area (TPSA) is 78.1 Å². The van der Waals surface area contributed by atoms with E-state index in [0.717, 1.165) is 48.5 Å². The van der Waals surface area contributed by atoms with Crippen LogP contribution in [0.4, 0.5) is 5.95 Å². The van der Waals surface area contributed by atoms with Gasteiger partial charge < -0.3 is 9.32 Å². The molecule has 0 radical (unpaired) electrons. The molecule has 2 aliphatic heterocycles. The van der Waals surface area contributed by atoms with Gasteiger partial charge in [0.1, 0.15) is 11.5 Å². The first-order valence-electron chi connectivity index (χ1n) is 9.99. The fraction of sp³-hybridized carbons (Fsp3) is 0.333. The van der Waals surface area contributed by atoms with Crippen LogP contribution in [0.3, 0.4) is 0 Å². The molecule has 0 spiro atoms. The first-order chi connectivity index (χ1) is 14.8. The second kappa shape index (κ2) is 8.37. The van der Waals surface area contributed by atoms with Gasteiger partial charge in [-0.2, -0.15) is 5.10 Å². The predicted molar refractivity (Wildman–Crippen MR) is 114 cm³/mol. The SMILES string of the molecule is O=C(CN1CCN(c2ncccn2)CC1)N1N=C(c2ccco2)C[C@@H]1c1cccs1. The van der Waals surface area contributed by atoms with Crippen LogP contribution in [0.5, 0.6) is 0 Å². The second-order valence-corrected chi connectivity index (χ2v) is 8.29. The highest BCUT2D eigenvalue weighted by Gasteiger charge is 2.35. The van der Waals surface area contributed by atoms with E-state index < -0.39 is 0 Å². The van der Waals surface area contributed by atoms with E-state index in [1.54, 1.807) is 35.0 Å². The van der Waals surface area contributed by atoms with Gasteiger partial charge in [0, 0.05) is 49.9 Å². The third-order valence-electron chi connectivity index (χ3n) is 5.41. The molecule has 0 N–H and O–H groups in total. The maximum absolute atomic E-state index is 13.2. The Labute approximate surface area is 178 Å². The van der Waals surface area contributed by atoms with Gasteiger partial charge in [-0.3, -0.25) is 9.69 Å². The number of nitrogens with zero attached hydrogens (tertiary/aromatic N) is 6. The molecule has 2 aliphatic rings. The molecule has 0 aliphatic carbocycles. The van der Waals surface area contributed by atoms with Crippen molar-refractivity contribution in [3.63, 3.8) is 0 Å². The molecule has 5 heterocycles. The van der Waals surface area contributed by atoms with Crippen molar-refractivity contribution in [3.8, 4) is 0 Å². The summed E-state index contributed by atoms with van der Waals surface area (Å²) in [5.41, 5.74) is 0.817. The van der Waals surface area contributed by atoms with Gasteiger partial charge >= 0.3 is 0 Å². The minimum Gasteiger partial charge on any atom is -0.463 e. The predicted octanol–water partition coefficient (Wildman–Crippen LogP) is 2.63. The third kappa shape index (κ3) is 3.86. The molecule has 30 heavy (non-hydrogen) atoms. The van der Waals surface area contributed by atoms with E-state index >= 15 is 0 Å². The van der Waals surface area contributed by atoms with Crippen LogP contribution < -0.4 is 4.90 Å². The monoisotopic (exact) mass is 422 g/mol. The average Bonchev–Trinajstić information content (AvgIpc) is 3.56. The quantitative estimate of drug-likeness (QED) is 0.629. The molecule has 3 aromatic heterocycles. The molecule has 9 heteroatoms. The van der Waals surface area contributed by atoms with Crippen LogP contribution in [-0.4, -0.2) is 64.2 Å². The highest BCUT2D eigenvalue weighted by atomic mass is 32.1. The summed E-state index contributed by atoms with van der Waals surface area (Å²) in [7, 11) is 0. The molecule has 3 aromatic rings. The van der Waals surface area contributed by atoms with E-state index in [0.29, 0.717) is 13.0 Å². The normalized spacial score (nSPS) is 19.9. The van der Waals surface area contributed by atoms with Crippen LogP contribution in [-0.2, 0) is 4.79 Å². The van der Waals surface area contributed by atoms with E-state index in [-0.39, 0.29) is 11.9 Å². The van der Waals surface area contributed by atoms with Crippen molar-refractivity contribution < 1.29 is 9.21 Å². The summed E-state index contributed by atoms with van der Waals surface area (Å²) in [4.78, 5) is 27.3. The number of carbonyl (C=O) groups is 1. The molecule has 0 saturated carbocycles. The number of hydrogen-bond acceptors (Lipinski definition) is 8. The molecule has 0 bridgehead atoms. The van der Waals surface area contributed by atoms with Crippen molar-refractivity contribution in [2.45, 2.75) is 12.5 Å². The average molecular weight is 423 g/mol. The Morgan fingerprint density at radius 1 is 1.10 bits per heavy atom. The molecular weight excluding hydrogens is 400 g/mol. The summed E-state index contributed by atoms with van der Waals surface area (Å²) < 4.78 is 5.52. The largest absolute Gasteiger partial charge is 0.463 e. The van der Waals surface area contributed by atoms with E-state index in [1.807, 2.05) is 29.6 Å². The van der Waals surface area contributed by atoms with Crippen LogP contribution in [0.1, 0.15) is 23.1 Å². The smallest absolute Gasteiger partial charge is 0.257 e. The van der Waals surface area contributed by atoms with Gasteiger partial charge in [-0.25, -0.2) is 15.0 Å². The summed E-state index contributed by atoms with van der Waals surface area (Å²) in [6.45, 7) is 3.52. The Morgan fingerprint density at radius 2 is 1.93 bits per heavy atom. The van der Waals surface area contributed by atoms with Crippen molar-refractivity contribution >= 4 is 28.9 Å². The third-order valence-corrected chi connectivity index (χ3v) is 6.38. The molecule has 1 amide bonds. The Balaban J connectivity index is 1.26. The lowest BCUT2D eigenvalue weighted by Gasteiger charge is -2.35. The number of hydrogen-bond donors (Lipinski definition) is 0. The van der Waals surface area contributed by atoms with Gasteiger partial charge in [0.25, 0.3) is 5.91 Å². The molecule has 5 rings (SSSR count). The number of rotatable bonds is 5. The Hall–Kier alpha value is -3.04. The number of anilines is 1. The van der Waals surface area contributed by atoms with E-state index in [4.69, 9.17) is 4.42 Å². The van der Waals surface area contributed by atoms with Gasteiger partial charge in [0.15, 0.2) is 0 Å². The van der Waals surface area contributed by atoms with Crippen LogP contribution >= 0.6 is 11.3 Å². The first-order valence-corrected chi connectivity index (χ1v) is 10.9. The number of carbonyl (C=O) groups excluding carboxylic acids is 1. The molecule has 1 atom stereocenters. The zero-order valence-electron chi connectivity index (χ0n) is 16.4. The molecule has 154 valence electrons. The highest BCUT2D eigenvalue weighted by molar-refractivity contribution is 7.10. The summed E-state index contributed by atoms with van der Waals surface area (Å²) in [6.07, 6.45) is 5.81. The number of amides is 1. The number of hydrazone groups is 1. The number of aromatic nitrogens is 2. The fourth-order valence-corrected chi connectivity index (χ4v) is 4.67. The van der Waals surface area contributed by atoms with Gasteiger partial charge in [0.05, 0.1) is 18.8 Å². The minimum absolute atomic E-state index is 0.0133. The summed E-state index contributed by atoms with van der Waals surface area (Å²) in [5, 5.41) is 8.34. The van der Waals surface area contributed by atoms with E-state index in [1.165, 1.54) is 0 Å². The zero-order chi connectivity index (χ0) is 20.3. The lowest BCUT2D eigenvalue weighted by molar-refractivity contribution is -0.134. The van der Waals surface area contributed by atoms with Gasteiger partial charge in [-0.1, -0.05) is 6.07 Å². The fourth-order valence-electron chi connectivity index (χ4n) is 3.86. The van der Waals surface area contributed by atoms with E-state index in [2.05, 4.69) is 30.9 Å². The molecule has 0 unspecified atom stereocenters. The number of piperazine rings is 1. The van der Waals surface area contributed by atoms with Crippen LogP contribution in [0.2, 0.25) is 0 Å². The van der Waals surface area contributed by atoms with Crippen molar-refractivity contribution in [2.24, 2.45) is 5.10 Å². The van der Waals surface area contributed by atoms with Crippen LogP contribution in [0.15, 0.2) is 63.9 Å². The van der Waals surface area contributed by atoms with E-state index in [9.17, 15) is 4.79 Å².